The van der Waals surface area contributed by atoms with E-state index >= 15 is 0 Å². The summed E-state index contributed by atoms with van der Waals surface area (Å²) in [6.07, 6.45) is -2.68. The van der Waals surface area contributed by atoms with Crippen LogP contribution >= 0.6 is 0 Å². The molecular weight excluding hydrogens is 313 g/mol. The second kappa shape index (κ2) is 5.67. The van der Waals surface area contributed by atoms with E-state index < -0.39 is 11.7 Å². The molecule has 0 atom stereocenters. The Morgan fingerprint density at radius 2 is 1.58 bits per heavy atom. The van der Waals surface area contributed by atoms with Gasteiger partial charge in [0.05, 0.1) is 5.56 Å². The lowest BCUT2D eigenvalue weighted by molar-refractivity contribution is -0.137. The van der Waals surface area contributed by atoms with Gasteiger partial charge in [-0.2, -0.15) is 13.2 Å². The average Bonchev–Trinajstić information content (AvgIpc) is 2.76. The number of benzene rings is 2. The quantitative estimate of drug-likeness (QED) is 0.673. The molecule has 1 aliphatic heterocycles. The summed E-state index contributed by atoms with van der Waals surface area (Å²) in [4.78, 5) is 3.40. The molecular formula is C19H17F3N2. The molecule has 124 valence electrons. The van der Waals surface area contributed by atoms with Gasteiger partial charge in [0.2, 0.25) is 0 Å². The molecule has 5 heteroatoms. The van der Waals surface area contributed by atoms with Crippen LogP contribution in [0.15, 0.2) is 42.5 Å². The minimum atomic E-state index is -4.37. The zero-order valence-electron chi connectivity index (χ0n) is 13.0. The fourth-order valence-corrected chi connectivity index (χ4v) is 3.60. The molecule has 0 fully saturated rings. The Morgan fingerprint density at radius 3 is 2.42 bits per heavy atom. The number of rotatable bonds is 1. The highest BCUT2D eigenvalue weighted by molar-refractivity contribution is 5.99. The first-order chi connectivity index (χ1) is 11.6. The number of H-pyrrole nitrogens is 1. The van der Waals surface area contributed by atoms with Crippen molar-refractivity contribution in [3.8, 4) is 11.1 Å². The van der Waals surface area contributed by atoms with Crippen LogP contribution in [0.5, 0.6) is 0 Å². The highest BCUT2D eigenvalue weighted by Gasteiger charge is 2.34. The standard InChI is InChI=1S/C19H17F3N2/c20-19(21,22)15-6-2-1-4-12(15)13-5-3-7-17-18(13)14-8-10-23-11-9-16(14)24-17/h1-7,23-24H,8-11H2. The lowest BCUT2D eigenvalue weighted by Crippen LogP contribution is -2.16. The molecule has 0 unspecified atom stereocenters. The molecule has 0 saturated carbocycles. The maximum absolute atomic E-state index is 13.4. The summed E-state index contributed by atoms with van der Waals surface area (Å²) >= 11 is 0. The molecule has 2 aromatic carbocycles. The van der Waals surface area contributed by atoms with Crippen LogP contribution < -0.4 is 5.32 Å². The molecule has 0 bridgehead atoms. The van der Waals surface area contributed by atoms with Crippen LogP contribution in [0.3, 0.4) is 0 Å². The third-order valence-electron chi connectivity index (χ3n) is 4.64. The summed E-state index contributed by atoms with van der Waals surface area (Å²) < 4.78 is 40.3. The van der Waals surface area contributed by atoms with Crippen LogP contribution in [0.25, 0.3) is 22.0 Å². The van der Waals surface area contributed by atoms with E-state index in [0.717, 1.165) is 54.2 Å². The van der Waals surface area contributed by atoms with Gasteiger partial charge in [0.15, 0.2) is 0 Å². The normalized spacial score (nSPS) is 15.3. The van der Waals surface area contributed by atoms with Crippen molar-refractivity contribution in [2.45, 2.75) is 19.0 Å². The van der Waals surface area contributed by atoms with Gasteiger partial charge in [0.25, 0.3) is 0 Å². The largest absolute Gasteiger partial charge is 0.417 e. The second-order valence-electron chi connectivity index (χ2n) is 6.10. The molecule has 1 aromatic heterocycles. The summed E-state index contributed by atoms with van der Waals surface area (Å²) in [5.41, 5.74) is 3.50. The van der Waals surface area contributed by atoms with Crippen molar-refractivity contribution in [2.24, 2.45) is 0 Å². The number of alkyl halides is 3. The number of hydrogen-bond donors (Lipinski definition) is 2. The van der Waals surface area contributed by atoms with Gasteiger partial charge in [-0.05, 0) is 41.8 Å². The van der Waals surface area contributed by atoms with Crippen molar-refractivity contribution in [3.63, 3.8) is 0 Å². The summed E-state index contributed by atoms with van der Waals surface area (Å²) in [6.45, 7) is 1.73. The Kier molecular flexibility index (Phi) is 3.61. The van der Waals surface area contributed by atoms with Crippen LogP contribution in [0.1, 0.15) is 16.8 Å². The van der Waals surface area contributed by atoms with Gasteiger partial charge >= 0.3 is 6.18 Å². The molecule has 0 radical (unpaired) electrons. The predicted molar refractivity (Wildman–Crippen MR) is 89.0 cm³/mol. The van der Waals surface area contributed by atoms with E-state index in [2.05, 4.69) is 10.3 Å². The minimum Gasteiger partial charge on any atom is -0.358 e. The Morgan fingerprint density at radius 1 is 0.833 bits per heavy atom. The summed E-state index contributed by atoms with van der Waals surface area (Å²) in [5, 5.41) is 4.26. The van der Waals surface area contributed by atoms with Crippen molar-refractivity contribution >= 4 is 10.9 Å². The van der Waals surface area contributed by atoms with Gasteiger partial charge in [-0.3, -0.25) is 0 Å². The third-order valence-corrected chi connectivity index (χ3v) is 4.64. The predicted octanol–water partition coefficient (Wildman–Crippen LogP) is 4.54. The third kappa shape index (κ3) is 2.49. The molecule has 2 nitrogen and oxygen atoms in total. The molecule has 2 N–H and O–H groups in total. The van der Waals surface area contributed by atoms with Crippen molar-refractivity contribution in [3.05, 3.63) is 59.3 Å². The number of fused-ring (bicyclic) bond motifs is 3. The number of aromatic nitrogens is 1. The lowest BCUT2D eigenvalue weighted by atomic mass is 9.93. The topological polar surface area (TPSA) is 27.8 Å². The van der Waals surface area contributed by atoms with Crippen LogP contribution in [-0.4, -0.2) is 18.1 Å². The molecule has 3 aromatic rings. The molecule has 1 aliphatic rings. The van der Waals surface area contributed by atoms with Crippen LogP contribution in [0, 0.1) is 0 Å². The van der Waals surface area contributed by atoms with Gasteiger partial charge < -0.3 is 10.3 Å². The molecule has 0 saturated heterocycles. The highest BCUT2D eigenvalue weighted by atomic mass is 19.4. The van der Waals surface area contributed by atoms with E-state index in [1.807, 2.05) is 12.1 Å². The Balaban J connectivity index is 2.01. The monoisotopic (exact) mass is 330 g/mol. The minimum absolute atomic E-state index is 0.245. The first kappa shape index (κ1) is 15.3. The van der Waals surface area contributed by atoms with Crippen LogP contribution in [0.4, 0.5) is 13.2 Å². The van der Waals surface area contributed by atoms with E-state index in [1.165, 1.54) is 6.07 Å². The van der Waals surface area contributed by atoms with Crippen molar-refractivity contribution in [1.82, 2.24) is 10.3 Å². The lowest BCUT2D eigenvalue weighted by Gasteiger charge is -2.14. The van der Waals surface area contributed by atoms with Gasteiger partial charge in [-0.1, -0.05) is 30.3 Å². The number of aromatic amines is 1. The second-order valence-corrected chi connectivity index (χ2v) is 6.10. The van der Waals surface area contributed by atoms with E-state index in [1.54, 1.807) is 18.2 Å². The molecule has 24 heavy (non-hydrogen) atoms. The average molecular weight is 330 g/mol. The molecule has 2 heterocycles. The number of halogens is 3. The Labute approximate surface area is 137 Å². The first-order valence-corrected chi connectivity index (χ1v) is 8.05. The van der Waals surface area contributed by atoms with Gasteiger partial charge in [-0.15, -0.1) is 0 Å². The SMILES string of the molecule is FC(F)(F)c1ccccc1-c1cccc2[nH]c3c(c12)CCNCC3. The number of nitrogens with one attached hydrogen (secondary N) is 2. The fourth-order valence-electron chi connectivity index (χ4n) is 3.60. The van der Waals surface area contributed by atoms with Crippen LogP contribution in [0.2, 0.25) is 0 Å². The maximum Gasteiger partial charge on any atom is 0.417 e. The van der Waals surface area contributed by atoms with Gasteiger partial charge in [0, 0.05) is 29.6 Å². The van der Waals surface area contributed by atoms with Crippen molar-refractivity contribution in [2.75, 3.05) is 13.1 Å². The highest BCUT2D eigenvalue weighted by Crippen LogP contribution is 2.41. The molecule has 0 spiro atoms. The first-order valence-electron chi connectivity index (χ1n) is 8.05. The van der Waals surface area contributed by atoms with E-state index in [0.29, 0.717) is 5.56 Å². The Bertz CT molecular complexity index is 893. The zero-order chi connectivity index (χ0) is 16.7. The number of hydrogen-bond acceptors (Lipinski definition) is 1. The fraction of sp³-hybridized carbons (Fsp3) is 0.263. The van der Waals surface area contributed by atoms with E-state index in [9.17, 15) is 13.2 Å². The maximum atomic E-state index is 13.4. The van der Waals surface area contributed by atoms with Crippen molar-refractivity contribution in [1.29, 1.82) is 0 Å². The smallest absolute Gasteiger partial charge is 0.358 e. The Hall–Kier alpha value is -2.27. The summed E-state index contributed by atoms with van der Waals surface area (Å²) in [5.74, 6) is 0. The van der Waals surface area contributed by atoms with Crippen LogP contribution in [-0.2, 0) is 19.0 Å². The van der Waals surface area contributed by atoms with Gasteiger partial charge in [-0.25, -0.2) is 0 Å². The van der Waals surface area contributed by atoms with Gasteiger partial charge in [0.1, 0.15) is 0 Å². The van der Waals surface area contributed by atoms with E-state index in [4.69, 9.17) is 0 Å². The van der Waals surface area contributed by atoms with E-state index in [-0.39, 0.29) is 5.56 Å². The zero-order valence-corrected chi connectivity index (χ0v) is 13.0. The summed E-state index contributed by atoms with van der Waals surface area (Å²) in [6, 6.07) is 11.4. The van der Waals surface area contributed by atoms with Crippen molar-refractivity contribution < 1.29 is 13.2 Å². The molecule has 0 amide bonds. The summed E-state index contributed by atoms with van der Waals surface area (Å²) in [7, 11) is 0. The molecule has 4 rings (SSSR count). The molecule has 0 aliphatic carbocycles.